The largest absolute Gasteiger partial charge is 0.394 e. The standard InChI is InChI=1S/C12H15N3O/c1-9(8-16)15(2)12-7-13-10-5-3-4-6-11(10)14-12/h3-7,9,16H,8H2,1-2H3. The molecule has 84 valence electrons. The van der Waals surface area contributed by atoms with Gasteiger partial charge in [0, 0.05) is 7.05 Å². The topological polar surface area (TPSA) is 49.2 Å². The molecule has 2 rings (SSSR count). The molecular weight excluding hydrogens is 202 g/mol. The fourth-order valence-corrected chi connectivity index (χ4v) is 1.47. The van der Waals surface area contributed by atoms with Gasteiger partial charge in [0.05, 0.1) is 29.9 Å². The summed E-state index contributed by atoms with van der Waals surface area (Å²) in [7, 11) is 1.90. The van der Waals surface area contributed by atoms with Crippen LogP contribution in [-0.2, 0) is 0 Å². The van der Waals surface area contributed by atoms with E-state index < -0.39 is 0 Å². The molecule has 1 heterocycles. The van der Waals surface area contributed by atoms with Crippen LogP contribution in [0.5, 0.6) is 0 Å². The lowest BCUT2D eigenvalue weighted by atomic mass is 10.3. The third-order valence-electron chi connectivity index (χ3n) is 2.72. The summed E-state index contributed by atoms with van der Waals surface area (Å²) in [5, 5.41) is 9.09. The molecule has 0 bridgehead atoms. The number of rotatable bonds is 3. The Labute approximate surface area is 94.6 Å². The number of anilines is 1. The van der Waals surface area contributed by atoms with Gasteiger partial charge >= 0.3 is 0 Å². The van der Waals surface area contributed by atoms with Crippen molar-refractivity contribution in [3.8, 4) is 0 Å². The zero-order chi connectivity index (χ0) is 11.5. The van der Waals surface area contributed by atoms with Gasteiger partial charge in [0.1, 0.15) is 5.82 Å². The molecule has 1 aromatic carbocycles. The van der Waals surface area contributed by atoms with Crippen LogP contribution in [0.2, 0.25) is 0 Å². The fourth-order valence-electron chi connectivity index (χ4n) is 1.47. The Bertz CT molecular complexity index is 486. The van der Waals surface area contributed by atoms with Gasteiger partial charge in [0.2, 0.25) is 0 Å². The average Bonchev–Trinajstić information content (AvgIpc) is 2.36. The summed E-state index contributed by atoms with van der Waals surface area (Å²) in [6.07, 6.45) is 1.73. The van der Waals surface area contributed by atoms with Gasteiger partial charge in [0.25, 0.3) is 0 Å². The molecule has 16 heavy (non-hydrogen) atoms. The van der Waals surface area contributed by atoms with Gasteiger partial charge in [-0.25, -0.2) is 4.98 Å². The maximum atomic E-state index is 9.09. The number of benzene rings is 1. The highest BCUT2D eigenvalue weighted by Crippen LogP contribution is 2.15. The summed E-state index contributed by atoms with van der Waals surface area (Å²) >= 11 is 0. The molecule has 0 aliphatic rings. The van der Waals surface area contributed by atoms with Gasteiger partial charge in [0.15, 0.2) is 0 Å². The summed E-state index contributed by atoms with van der Waals surface area (Å²) in [6.45, 7) is 2.04. The van der Waals surface area contributed by atoms with E-state index in [9.17, 15) is 0 Å². The number of fused-ring (bicyclic) bond motifs is 1. The molecular formula is C12H15N3O. The van der Waals surface area contributed by atoms with Crippen molar-refractivity contribution in [2.24, 2.45) is 0 Å². The number of aliphatic hydroxyl groups is 1. The Morgan fingerprint density at radius 1 is 1.31 bits per heavy atom. The molecule has 0 radical (unpaired) electrons. The van der Waals surface area contributed by atoms with Gasteiger partial charge in [-0.2, -0.15) is 0 Å². The first kappa shape index (κ1) is 10.8. The molecule has 0 aliphatic heterocycles. The zero-order valence-electron chi connectivity index (χ0n) is 9.46. The van der Waals surface area contributed by atoms with Crippen LogP contribution in [0, 0.1) is 0 Å². The molecule has 4 nitrogen and oxygen atoms in total. The van der Waals surface area contributed by atoms with Gasteiger partial charge in [-0.1, -0.05) is 12.1 Å². The third kappa shape index (κ3) is 1.97. The van der Waals surface area contributed by atoms with E-state index in [4.69, 9.17) is 5.11 Å². The highest BCUT2D eigenvalue weighted by molar-refractivity contribution is 5.75. The van der Waals surface area contributed by atoms with Crippen LogP contribution in [0.3, 0.4) is 0 Å². The first-order valence-electron chi connectivity index (χ1n) is 5.28. The lowest BCUT2D eigenvalue weighted by Gasteiger charge is -2.23. The molecule has 0 saturated carbocycles. The summed E-state index contributed by atoms with van der Waals surface area (Å²) in [6, 6.07) is 7.79. The summed E-state index contributed by atoms with van der Waals surface area (Å²) in [4.78, 5) is 10.7. The molecule has 2 aromatic rings. The molecule has 0 fully saturated rings. The molecule has 1 N–H and O–H groups in total. The number of nitrogens with zero attached hydrogens (tertiary/aromatic N) is 3. The fraction of sp³-hybridized carbons (Fsp3) is 0.333. The third-order valence-corrected chi connectivity index (χ3v) is 2.72. The van der Waals surface area contributed by atoms with Gasteiger partial charge in [-0.05, 0) is 19.1 Å². The van der Waals surface area contributed by atoms with E-state index in [1.54, 1.807) is 6.20 Å². The first-order chi connectivity index (χ1) is 7.72. The van der Waals surface area contributed by atoms with Crippen molar-refractivity contribution in [1.29, 1.82) is 0 Å². The van der Waals surface area contributed by atoms with Crippen molar-refractivity contribution >= 4 is 16.9 Å². The van der Waals surface area contributed by atoms with Crippen molar-refractivity contribution in [3.63, 3.8) is 0 Å². The smallest absolute Gasteiger partial charge is 0.147 e. The normalized spacial score (nSPS) is 12.7. The maximum absolute atomic E-state index is 9.09. The van der Waals surface area contributed by atoms with Crippen LogP contribution in [0.1, 0.15) is 6.92 Å². The highest BCUT2D eigenvalue weighted by atomic mass is 16.3. The average molecular weight is 217 g/mol. The van der Waals surface area contributed by atoms with Crippen LogP contribution < -0.4 is 4.90 Å². The first-order valence-corrected chi connectivity index (χ1v) is 5.28. The molecule has 0 aliphatic carbocycles. The van der Waals surface area contributed by atoms with Crippen LogP contribution >= 0.6 is 0 Å². The van der Waals surface area contributed by atoms with Crippen molar-refractivity contribution in [2.75, 3.05) is 18.6 Å². The molecule has 0 spiro atoms. The lowest BCUT2D eigenvalue weighted by molar-refractivity contribution is 0.270. The Balaban J connectivity index is 2.39. The summed E-state index contributed by atoms with van der Waals surface area (Å²) < 4.78 is 0. The minimum absolute atomic E-state index is 0.0375. The maximum Gasteiger partial charge on any atom is 0.147 e. The van der Waals surface area contributed by atoms with E-state index in [0.29, 0.717) is 0 Å². The van der Waals surface area contributed by atoms with E-state index in [-0.39, 0.29) is 12.6 Å². The summed E-state index contributed by atoms with van der Waals surface area (Å²) in [5.41, 5.74) is 1.76. The van der Waals surface area contributed by atoms with Crippen molar-refractivity contribution in [2.45, 2.75) is 13.0 Å². The highest BCUT2D eigenvalue weighted by Gasteiger charge is 2.10. The monoisotopic (exact) mass is 217 g/mol. The SMILES string of the molecule is CC(CO)N(C)c1cnc2ccccc2n1. The van der Waals surface area contributed by atoms with Crippen molar-refractivity contribution in [3.05, 3.63) is 30.5 Å². The van der Waals surface area contributed by atoms with E-state index in [0.717, 1.165) is 16.9 Å². The number of para-hydroxylation sites is 2. The van der Waals surface area contributed by atoms with Crippen LogP contribution in [0.25, 0.3) is 11.0 Å². The zero-order valence-corrected chi connectivity index (χ0v) is 9.46. The minimum Gasteiger partial charge on any atom is -0.394 e. The van der Waals surface area contributed by atoms with Gasteiger partial charge < -0.3 is 10.0 Å². The van der Waals surface area contributed by atoms with E-state index in [1.807, 2.05) is 43.1 Å². The second kappa shape index (κ2) is 4.45. The summed E-state index contributed by atoms with van der Waals surface area (Å²) in [5.74, 6) is 0.778. The Morgan fingerprint density at radius 3 is 2.69 bits per heavy atom. The number of hydrogen-bond donors (Lipinski definition) is 1. The Morgan fingerprint density at radius 2 is 2.00 bits per heavy atom. The molecule has 1 aromatic heterocycles. The number of likely N-dealkylation sites (N-methyl/N-ethyl adjacent to an activating group) is 1. The van der Waals surface area contributed by atoms with Crippen LogP contribution in [0.15, 0.2) is 30.5 Å². The minimum atomic E-state index is 0.0375. The predicted octanol–water partition coefficient (Wildman–Crippen LogP) is 1.45. The Hall–Kier alpha value is -1.68. The molecule has 1 unspecified atom stereocenters. The second-order valence-electron chi connectivity index (χ2n) is 3.86. The van der Waals surface area contributed by atoms with Crippen molar-refractivity contribution < 1.29 is 5.11 Å². The molecule has 0 saturated heterocycles. The Kier molecular flexibility index (Phi) is 3.01. The number of aliphatic hydroxyl groups excluding tert-OH is 1. The van der Waals surface area contributed by atoms with E-state index >= 15 is 0 Å². The van der Waals surface area contributed by atoms with Gasteiger partial charge in [-0.3, -0.25) is 4.98 Å². The number of hydrogen-bond acceptors (Lipinski definition) is 4. The molecule has 1 atom stereocenters. The van der Waals surface area contributed by atoms with E-state index in [1.165, 1.54) is 0 Å². The number of aromatic nitrogens is 2. The van der Waals surface area contributed by atoms with Crippen molar-refractivity contribution in [1.82, 2.24) is 9.97 Å². The van der Waals surface area contributed by atoms with Crippen LogP contribution in [-0.4, -0.2) is 34.8 Å². The molecule has 0 amide bonds. The van der Waals surface area contributed by atoms with E-state index in [2.05, 4.69) is 9.97 Å². The lowest BCUT2D eigenvalue weighted by Crippen LogP contribution is -2.32. The molecule has 4 heteroatoms. The van der Waals surface area contributed by atoms with Crippen LogP contribution in [0.4, 0.5) is 5.82 Å². The van der Waals surface area contributed by atoms with Gasteiger partial charge in [-0.15, -0.1) is 0 Å². The second-order valence-corrected chi connectivity index (χ2v) is 3.86. The quantitative estimate of drug-likeness (QED) is 0.845. The predicted molar refractivity (Wildman–Crippen MR) is 64.5 cm³/mol.